The summed E-state index contributed by atoms with van der Waals surface area (Å²) in [7, 11) is 0. The number of benzene rings is 1. The van der Waals surface area contributed by atoms with Gasteiger partial charge in [-0.2, -0.15) is 0 Å². The molecule has 2 heterocycles. The number of carbonyl (C=O) groups excluding carboxylic acids is 3. The molecule has 3 rings (SSSR count). The van der Waals surface area contributed by atoms with Crippen LogP contribution in [0.15, 0.2) is 30.3 Å². The Hall–Kier alpha value is -3.01. The molecule has 10 heteroatoms. The second-order valence-corrected chi connectivity index (χ2v) is 6.14. The number of anilines is 1. The van der Waals surface area contributed by atoms with Gasteiger partial charge in [0.2, 0.25) is 16.9 Å². The lowest BCUT2D eigenvalue weighted by atomic mass is 10.1. The third kappa shape index (κ3) is 3.49. The van der Waals surface area contributed by atoms with Gasteiger partial charge in [-0.15, -0.1) is 10.2 Å². The molecule has 1 aromatic carbocycles. The van der Waals surface area contributed by atoms with Crippen molar-refractivity contribution in [2.24, 2.45) is 0 Å². The normalized spacial score (nSPS) is 15.2. The van der Waals surface area contributed by atoms with Crippen LogP contribution in [-0.2, 0) is 9.59 Å². The Labute approximate surface area is 140 Å². The second kappa shape index (κ2) is 6.62. The van der Waals surface area contributed by atoms with Gasteiger partial charge in [0.05, 0.1) is 0 Å². The summed E-state index contributed by atoms with van der Waals surface area (Å²) in [5.74, 6) is -0.841. The molecule has 1 aliphatic rings. The van der Waals surface area contributed by atoms with Crippen LogP contribution in [0.1, 0.15) is 16.6 Å². The van der Waals surface area contributed by atoms with E-state index in [1.807, 2.05) is 30.3 Å². The van der Waals surface area contributed by atoms with Gasteiger partial charge in [-0.3, -0.25) is 14.9 Å². The minimum atomic E-state index is -0.577. The number of nitrogen functional groups attached to an aromatic ring is 1. The molecule has 1 unspecified atom stereocenters. The van der Waals surface area contributed by atoms with E-state index in [9.17, 15) is 14.4 Å². The zero-order valence-corrected chi connectivity index (χ0v) is 13.2. The molecular weight excluding hydrogens is 332 g/mol. The highest BCUT2D eigenvalue weighted by atomic mass is 32.1. The molecule has 124 valence electrons. The summed E-state index contributed by atoms with van der Waals surface area (Å²) in [6.07, 6.45) is 0. The Bertz CT molecular complexity index is 778. The smallest absolute Gasteiger partial charge is 0.325 e. The number of hydrogen-bond donors (Lipinski definition) is 3. The number of nitrogens with two attached hydrogens (primary N) is 1. The third-order valence-corrected chi connectivity index (χ3v) is 4.16. The van der Waals surface area contributed by atoms with Gasteiger partial charge >= 0.3 is 6.03 Å². The topological polar surface area (TPSA) is 130 Å². The average Bonchev–Trinajstić information content (AvgIpc) is 3.11. The molecule has 24 heavy (non-hydrogen) atoms. The first-order valence-corrected chi connectivity index (χ1v) is 7.86. The molecule has 1 saturated heterocycles. The molecule has 4 N–H and O–H groups in total. The Kier molecular flexibility index (Phi) is 4.38. The van der Waals surface area contributed by atoms with Crippen molar-refractivity contribution < 1.29 is 14.4 Å². The van der Waals surface area contributed by atoms with Gasteiger partial charge in [-0.1, -0.05) is 41.7 Å². The molecule has 1 fully saturated rings. The summed E-state index contributed by atoms with van der Waals surface area (Å²) in [6.45, 7) is -0.358. The van der Waals surface area contributed by atoms with Gasteiger partial charge in [0.1, 0.15) is 24.1 Å². The van der Waals surface area contributed by atoms with Crippen LogP contribution in [0.5, 0.6) is 0 Å². The molecule has 0 aliphatic carbocycles. The van der Waals surface area contributed by atoms with Crippen molar-refractivity contribution in [2.45, 2.75) is 6.04 Å². The van der Waals surface area contributed by atoms with Crippen molar-refractivity contribution in [3.63, 3.8) is 0 Å². The maximum absolute atomic E-state index is 12.3. The van der Waals surface area contributed by atoms with Crippen molar-refractivity contribution >= 4 is 34.3 Å². The molecule has 0 spiro atoms. The van der Waals surface area contributed by atoms with Crippen LogP contribution in [0.3, 0.4) is 0 Å². The van der Waals surface area contributed by atoms with Crippen LogP contribution in [0.2, 0.25) is 0 Å². The van der Waals surface area contributed by atoms with Crippen molar-refractivity contribution in [3.8, 4) is 0 Å². The number of nitrogens with zero attached hydrogens (tertiary/aromatic N) is 3. The number of nitrogens with one attached hydrogen (secondary N) is 2. The largest absolute Gasteiger partial charge is 0.374 e. The van der Waals surface area contributed by atoms with Crippen LogP contribution in [-0.4, -0.2) is 46.0 Å². The first-order valence-electron chi connectivity index (χ1n) is 7.05. The monoisotopic (exact) mass is 346 g/mol. The maximum atomic E-state index is 12.3. The number of carbonyl (C=O) groups is 3. The standard InChI is InChI=1S/C14H14N6O3S/c15-13-19-18-12(24-13)11(8-4-2-1-3-5-8)16-9(21)6-20-7-10(22)17-14(20)23/h1-5,11H,6-7H2,(H2,15,19)(H,16,21)(H,17,22,23). The highest BCUT2D eigenvalue weighted by Gasteiger charge is 2.29. The van der Waals surface area contributed by atoms with Gasteiger partial charge in [0.15, 0.2) is 0 Å². The SMILES string of the molecule is Nc1nnc(C(NC(=O)CN2CC(=O)NC2=O)c2ccccc2)s1. The average molecular weight is 346 g/mol. The van der Waals surface area contributed by atoms with Crippen LogP contribution in [0.4, 0.5) is 9.93 Å². The predicted molar refractivity (Wildman–Crippen MR) is 85.9 cm³/mol. The number of imide groups is 1. The highest BCUT2D eigenvalue weighted by Crippen LogP contribution is 2.25. The van der Waals surface area contributed by atoms with E-state index in [-0.39, 0.29) is 13.1 Å². The molecule has 1 atom stereocenters. The van der Waals surface area contributed by atoms with Gasteiger partial charge in [-0.25, -0.2) is 4.79 Å². The summed E-state index contributed by atoms with van der Waals surface area (Å²) >= 11 is 1.17. The van der Waals surface area contributed by atoms with E-state index in [0.29, 0.717) is 10.1 Å². The fraction of sp³-hybridized carbons (Fsp3) is 0.214. The lowest BCUT2D eigenvalue weighted by Crippen LogP contribution is -2.40. The Morgan fingerprint density at radius 3 is 2.67 bits per heavy atom. The molecule has 0 bridgehead atoms. The second-order valence-electron chi connectivity index (χ2n) is 5.10. The van der Waals surface area contributed by atoms with Gasteiger partial charge < -0.3 is 16.0 Å². The van der Waals surface area contributed by atoms with E-state index in [2.05, 4.69) is 20.8 Å². The van der Waals surface area contributed by atoms with Crippen molar-refractivity contribution in [1.82, 2.24) is 25.7 Å². The van der Waals surface area contributed by atoms with Gasteiger partial charge in [0.25, 0.3) is 0 Å². The van der Waals surface area contributed by atoms with Crippen molar-refractivity contribution in [1.29, 1.82) is 0 Å². The lowest BCUT2D eigenvalue weighted by molar-refractivity contribution is -0.122. The molecule has 1 aliphatic heterocycles. The molecule has 4 amide bonds. The first kappa shape index (κ1) is 15.9. The molecular formula is C14H14N6O3S. The Balaban J connectivity index is 1.76. The van der Waals surface area contributed by atoms with Crippen molar-refractivity contribution in [2.75, 3.05) is 18.8 Å². The Morgan fingerprint density at radius 1 is 1.33 bits per heavy atom. The summed E-state index contributed by atoms with van der Waals surface area (Å²) in [6, 6.07) is 8.11. The summed E-state index contributed by atoms with van der Waals surface area (Å²) in [5, 5.41) is 13.5. The highest BCUT2D eigenvalue weighted by molar-refractivity contribution is 7.15. The van der Waals surface area contributed by atoms with Gasteiger partial charge in [-0.05, 0) is 5.56 Å². The van der Waals surface area contributed by atoms with E-state index in [1.54, 1.807) is 0 Å². The predicted octanol–water partition coefficient (Wildman–Crippen LogP) is -0.122. The number of rotatable bonds is 5. The Morgan fingerprint density at radius 2 is 2.08 bits per heavy atom. The molecule has 2 aromatic rings. The third-order valence-electron chi connectivity index (χ3n) is 3.34. The summed E-state index contributed by atoms with van der Waals surface area (Å²) in [5.41, 5.74) is 6.43. The van der Waals surface area contributed by atoms with E-state index in [0.717, 1.165) is 10.5 Å². The lowest BCUT2D eigenvalue weighted by Gasteiger charge is -2.19. The van der Waals surface area contributed by atoms with Crippen LogP contribution >= 0.6 is 11.3 Å². The quantitative estimate of drug-likeness (QED) is 0.647. The number of amides is 4. The fourth-order valence-corrected chi connectivity index (χ4v) is 2.98. The molecule has 0 saturated carbocycles. The number of hydrogen-bond acceptors (Lipinski definition) is 7. The maximum Gasteiger partial charge on any atom is 0.325 e. The van der Waals surface area contributed by atoms with Crippen LogP contribution in [0.25, 0.3) is 0 Å². The van der Waals surface area contributed by atoms with E-state index in [4.69, 9.17) is 5.73 Å². The zero-order chi connectivity index (χ0) is 17.1. The van der Waals surface area contributed by atoms with E-state index in [1.165, 1.54) is 11.3 Å². The van der Waals surface area contributed by atoms with Crippen LogP contribution < -0.4 is 16.4 Å². The molecule has 0 radical (unpaired) electrons. The van der Waals surface area contributed by atoms with Gasteiger partial charge in [0, 0.05) is 0 Å². The molecule has 9 nitrogen and oxygen atoms in total. The number of urea groups is 1. The minimum absolute atomic E-state index is 0.131. The molecule has 1 aromatic heterocycles. The first-order chi connectivity index (χ1) is 11.5. The van der Waals surface area contributed by atoms with E-state index < -0.39 is 23.9 Å². The zero-order valence-electron chi connectivity index (χ0n) is 12.4. The number of aromatic nitrogens is 2. The summed E-state index contributed by atoms with van der Waals surface area (Å²) in [4.78, 5) is 36.1. The fourth-order valence-electron chi connectivity index (χ4n) is 2.29. The van der Waals surface area contributed by atoms with Crippen LogP contribution in [0, 0.1) is 0 Å². The minimum Gasteiger partial charge on any atom is -0.374 e. The van der Waals surface area contributed by atoms with E-state index >= 15 is 0 Å². The van der Waals surface area contributed by atoms with Crippen molar-refractivity contribution in [3.05, 3.63) is 40.9 Å². The summed E-state index contributed by atoms with van der Waals surface area (Å²) < 4.78 is 0.